The summed E-state index contributed by atoms with van der Waals surface area (Å²) in [6.07, 6.45) is -0.573. The Morgan fingerprint density at radius 1 is 1.11 bits per heavy atom. The molecule has 0 aromatic heterocycles. The average Bonchev–Trinajstić information content (AvgIpc) is 3.27. The summed E-state index contributed by atoms with van der Waals surface area (Å²) in [5.41, 5.74) is 1.32. The molecular weight excluding hydrogens is 354 g/mol. The highest BCUT2D eigenvalue weighted by atomic mass is 16.7. The molecule has 2 aliphatic heterocycles. The van der Waals surface area contributed by atoms with E-state index in [2.05, 4.69) is 0 Å². The van der Waals surface area contributed by atoms with Crippen molar-refractivity contribution >= 4 is 11.7 Å². The first-order chi connectivity index (χ1) is 13.0. The quantitative estimate of drug-likeness (QED) is 0.488. The molecule has 27 heavy (non-hydrogen) atoms. The zero-order valence-corrected chi connectivity index (χ0v) is 14.2. The van der Waals surface area contributed by atoms with Gasteiger partial charge in [0.25, 0.3) is 5.69 Å². The maximum absolute atomic E-state index is 12.2. The van der Waals surface area contributed by atoms with Crippen molar-refractivity contribution in [1.82, 2.24) is 0 Å². The molecule has 0 aliphatic carbocycles. The van der Waals surface area contributed by atoms with E-state index in [0.29, 0.717) is 23.5 Å². The van der Waals surface area contributed by atoms with Crippen molar-refractivity contribution in [3.8, 4) is 11.5 Å². The number of rotatable bonds is 5. The van der Waals surface area contributed by atoms with Gasteiger partial charge in [0.15, 0.2) is 11.5 Å². The van der Waals surface area contributed by atoms with Crippen molar-refractivity contribution in [2.45, 2.75) is 12.5 Å². The largest absolute Gasteiger partial charge is 0.465 e. The molecule has 1 N–H and O–H groups in total. The van der Waals surface area contributed by atoms with E-state index in [4.69, 9.17) is 14.2 Å². The summed E-state index contributed by atoms with van der Waals surface area (Å²) < 4.78 is 15.9. The third-order valence-electron chi connectivity index (χ3n) is 4.94. The van der Waals surface area contributed by atoms with Crippen LogP contribution in [0.2, 0.25) is 0 Å². The van der Waals surface area contributed by atoms with Gasteiger partial charge in [-0.3, -0.25) is 14.9 Å². The molecule has 4 rings (SSSR count). The lowest BCUT2D eigenvalue weighted by atomic mass is 9.83. The average molecular weight is 371 g/mol. The van der Waals surface area contributed by atoms with E-state index >= 15 is 0 Å². The van der Waals surface area contributed by atoms with E-state index in [1.165, 1.54) is 24.3 Å². The number of nitro benzene ring substituents is 1. The van der Waals surface area contributed by atoms with Crippen molar-refractivity contribution in [1.29, 1.82) is 0 Å². The van der Waals surface area contributed by atoms with Crippen LogP contribution in [0, 0.1) is 22.0 Å². The number of carbonyl (C=O) groups excluding carboxylic acids is 1. The van der Waals surface area contributed by atoms with Crippen LogP contribution >= 0.6 is 0 Å². The van der Waals surface area contributed by atoms with Gasteiger partial charge in [-0.2, -0.15) is 0 Å². The molecule has 2 aromatic rings. The SMILES string of the molecule is O=C1OC[C@H](Cc2ccc3c(c2)OCO3)[C@H]1C(O)c1ccc([N+](=O)[O-])cc1. The third-order valence-corrected chi connectivity index (χ3v) is 4.94. The lowest BCUT2D eigenvalue weighted by molar-refractivity contribution is -0.384. The number of carbonyl (C=O) groups is 1. The number of fused-ring (bicyclic) bond motifs is 1. The lowest BCUT2D eigenvalue weighted by Gasteiger charge is -2.21. The topological polar surface area (TPSA) is 108 Å². The van der Waals surface area contributed by atoms with Gasteiger partial charge in [0, 0.05) is 18.1 Å². The smallest absolute Gasteiger partial charge is 0.312 e. The molecule has 0 bridgehead atoms. The highest BCUT2D eigenvalue weighted by molar-refractivity contribution is 5.75. The van der Waals surface area contributed by atoms with Gasteiger partial charge in [0.1, 0.15) is 0 Å². The molecule has 3 atom stereocenters. The van der Waals surface area contributed by atoms with Gasteiger partial charge >= 0.3 is 5.97 Å². The van der Waals surface area contributed by atoms with E-state index in [-0.39, 0.29) is 25.0 Å². The van der Waals surface area contributed by atoms with Crippen LogP contribution in [0.5, 0.6) is 11.5 Å². The van der Waals surface area contributed by atoms with Crippen molar-refractivity contribution in [3.05, 3.63) is 63.7 Å². The molecule has 140 valence electrons. The lowest BCUT2D eigenvalue weighted by Crippen LogP contribution is -2.25. The summed E-state index contributed by atoms with van der Waals surface area (Å²) in [5.74, 6) is -0.0864. The number of ether oxygens (including phenoxy) is 3. The Morgan fingerprint density at radius 2 is 1.85 bits per heavy atom. The van der Waals surface area contributed by atoms with E-state index < -0.39 is 22.9 Å². The van der Waals surface area contributed by atoms with Gasteiger partial charge in [0.05, 0.1) is 23.6 Å². The molecule has 0 saturated carbocycles. The van der Waals surface area contributed by atoms with Gasteiger partial charge in [-0.25, -0.2) is 0 Å². The minimum absolute atomic E-state index is 0.0724. The molecule has 0 amide bonds. The molecular formula is C19H17NO7. The van der Waals surface area contributed by atoms with Gasteiger partial charge in [-0.05, 0) is 41.8 Å². The van der Waals surface area contributed by atoms with Crippen molar-refractivity contribution < 1.29 is 29.0 Å². The number of nitro groups is 1. The normalized spacial score (nSPS) is 21.7. The maximum atomic E-state index is 12.2. The van der Waals surface area contributed by atoms with E-state index in [9.17, 15) is 20.0 Å². The number of nitrogens with zero attached hydrogens (tertiary/aromatic N) is 1. The maximum Gasteiger partial charge on any atom is 0.312 e. The molecule has 2 aliphatic rings. The minimum atomic E-state index is -1.10. The number of aliphatic hydroxyl groups excluding tert-OH is 1. The standard InChI is InChI=1S/C19H17NO7/c21-18(12-2-4-14(5-3-12)20(23)24)17-13(9-25-19(17)22)7-11-1-6-15-16(8-11)27-10-26-15/h1-6,8,13,17-18,21H,7,9-10H2/t13-,17-,18?/m0/s1. The van der Waals surface area contributed by atoms with Gasteiger partial charge in [-0.15, -0.1) is 0 Å². The highest BCUT2D eigenvalue weighted by Crippen LogP contribution is 2.38. The molecule has 0 radical (unpaired) electrons. The Kier molecular flexibility index (Phi) is 4.41. The number of aliphatic hydroxyl groups is 1. The van der Waals surface area contributed by atoms with Gasteiger partial charge in [0.2, 0.25) is 6.79 Å². The summed E-state index contributed by atoms with van der Waals surface area (Å²) in [6, 6.07) is 11.1. The van der Waals surface area contributed by atoms with Crippen LogP contribution in [-0.2, 0) is 16.0 Å². The Morgan fingerprint density at radius 3 is 2.59 bits per heavy atom. The molecule has 1 fully saturated rings. The number of esters is 1. The van der Waals surface area contributed by atoms with Crippen LogP contribution in [0.3, 0.4) is 0 Å². The first-order valence-electron chi connectivity index (χ1n) is 8.50. The second-order valence-electron chi connectivity index (χ2n) is 6.60. The number of cyclic esters (lactones) is 1. The number of hydrogen-bond donors (Lipinski definition) is 1. The first kappa shape index (κ1) is 17.3. The number of benzene rings is 2. The zero-order chi connectivity index (χ0) is 19.0. The zero-order valence-electron chi connectivity index (χ0n) is 14.2. The monoisotopic (exact) mass is 371 g/mol. The van der Waals surface area contributed by atoms with Crippen LogP contribution < -0.4 is 9.47 Å². The van der Waals surface area contributed by atoms with Crippen molar-refractivity contribution in [3.63, 3.8) is 0 Å². The van der Waals surface area contributed by atoms with Gasteiger partial charge < -0.3 is 19.3 Å². The van der Waals surface area contributed by atoms with Crippen LogP contribution in [0.15, 0.2) is 42.5 Å². The second-order valence-corrected chi connectivity index (χ2v) is 6.60. The predicted octanol–water partition coefficient (Wildman–Crippen LogP) is 2.39. The molecule has 2 aromatic carbocycles. The fourth-order valence-corrected chi connectivity index (χ4v) is 3.53. The molecule has 1 saturated heterocycles. The predicted molar refractivity (Wildman–Crippen MR) is 92.3 cm³/mol. The van der Waals surface area contributed by atoms with Crippen molar-refractivity contribution in [2.24, 2.45) is 11.8 Å². The Hall–Kier alpha value is -3.13. The van der Waals surface area contributed by atoms with E-state index in [1.807, 2.05) is 18.2 Å². The molecule has 2 heterocycles. The Labute approximate surface area is 154 Å². The second kappa shape index (κ2) is 6.88. The molecule has 0 spiro atoms. The first-order valence-corrected chi connectivity index (χ1v) is 8.50. The third kappa shape index (κ3) is 3.31. The van der Waals surface area contributed by atoms with Crippen molar-refractivity contribution in [2.75, 3.05) is 13.4 Å². The van der Waals surface area contributed by atoms with Crippen LogP contribution in [0.1, 0.15) is 17.2 Å². The van der Waals surface area contributed by atoms with Crippen LogP contribution in [-0.4, -0.2) is 29.4 Å². The van der Waals surface area contributed by atoms with Crippen LogP contribution in [0.25, 0.3) is 0 Å². The summed E-state index contributed by atoms with van der Waals surface area (Å²) in [5, 5.41) is 21.5. The fraction of sp³-hybridized carbons (Fsp3) is 0.316. The molecule has 1 unspecified atom stereocenters. The fourth-order valence-electron chi connectivity index (χ4n) is 3.53. The number of non-ortho nitro benzene ring substituents is 1. The van der Waals surface area contributed by atoms with Gasteiger partial charge in [-0.1, -0.05) is 6.07 Å². The highest BCUT2D eigenvalue weighted by Gasteiger charge is 2.42. The number of hydrogen-bond acceptors (Lipinski definition) is 7. The Balaban J connectivity index is 1.53. The van der Waals surface area contributed by atoms with E-state index in [1.54, 1.807) is 0 Å². The summed E-state index contributed by atoms with van der Waals surface area (Å²) in [7, 11) is 0. The summed E-state index contributed by atoms with van der Waals surface area (Å²) >= 11 is 0. The summed E-state index contributed by atoms with van der Waals surface area (Å²) in [4.78, 5) is 22.5. The minimum Gasteiger partial charge on any atom is -0.465 e. The van der Waals surface area contributed by atoms with Crippen LogP contribution in [0.4, 0.5) is 5.69 Å². The molecule has 8 nitrogen and oxygen atoms in total. The Bertz CT molecular complexity index is 880. The van der Waals surface area contributed by atoms with E-state index in [0.717, 1.165) is 5.56 Å². The summed E-state index contributed by atoms with van der Waals surface area (Å²) in [6.45, 7) is 0.396. The molecule has 8 heteroatoms.